The minimum Gasteiger partial charge on any atom is -0.491 e. The number of carbonyl (C=O) groups is 2. The average molecular weight is 352 g/mol. The summed E-state index contributed by atoms with van der Waals surface area (Å²) in [6.07, 6.45) is 2.43. The molecule has 1 aliphatic rings. The van der Waals surface area contributed by atoms with Crippen molar-refractivity contribution in [3.63, 3.8) is 0 Å². The van der Waals surface area contributed by atoms with Crippen molar-refractivity contribution in [2.24, 2.45) is 0 Å². The third kappa shape index (κ3) is 4.42. The van der Waals surface area contributed by atoms with Crippen molar-refractivity contribution >= 4 is 17.5 Å². The minimum atomic E-state index is -0.188. The Kier molecular flexibility index (Phi) is 5.89. The predicted molar refractivity (Wildman–Crippen MR) is 101 cm³/mol. The zero-order valence-corrected chi connectivity index (χ0v) is 15.0. The van der Waals surface area contributed by atoms with Gasteiger partial charge in [-0.3, -0.25) is 9.59 Å². The smallest absolute Gasteiger partial charge is 0.255 e. The van der Waals surface area contributed by atoms with Gasteiger partial charge in [-0.15, -0.1) is 0 Å². The van der Waals surface area contributed by atoms with E-state index in [4.69, 9.17) is 4.74 Å². The second-order valence-electron chi connectivity index (χ2n) is 6.42. The molecule has 1 heterocycles. The Morgan fingerprint density at radius 2 is 2.04 bits per heavy atom. The van der Waals surface area contributed by atoms with E-state index in [1.807, 2.05) is 54.3 Å². The fourth-order valence-corrected chi connectivity index (χ4v) is 3.00. The van der Waals surface area contributed by atoms with Gasteiger partial charge in [0.05, 0.1) is 12.3 Å². The summed E-state index contributed by atoms with van der Waals surface area (Å²) in [5.41, 5.74) is 2.19. The van der Waals surface area contributed by atoms with Crippen molar-refractivity contribution in [3.8, 4) is 5.75 Å². The number of nitrogens with one attached hydrogen (secondary N) is 1. The van der Waals surface area contributed by atoms with Gasteiger partial charge in [0.25, 0.3) is 5.91 Å². The Morgan fingerprint density at radius 1 is 1.19 bits per heavy atom. The molecule has 3 rings (SSSR count). The number of hydrogen-bond donors (Lipinski definition) is 1. The first-order chi connectivity index (χ1) is 12.7. The van der Waals surface area contributed by atoms with Crippen molar-refractivity contribution in [1.82, 2.24) is 4.90 Å². The van der Waals surface area contributed by atoms with Gasteiger partial charge < -0.3 is 15.0 Å². The van der Waals surface area contributed by atoms with Crippen LogP contribution in [0, 0.1) is 0 Å². The lowest BCUT2D eigenvalue weighted by atomic mass is 10.1. The van der Waals surface area contributed by atoms with Crippen LogP contribution in [0.5, 0.6) is 5.75 Å². The van der Waals surface area contributed by atoms with Crippen LogP contribution in [0.25, 0.3) is 0 Å². The maximum Gasteiger partial charge on any atom is 0.255 e. The Labute approximate surface area is 154 Å². The van der Waals surface area contributed by atoms with Crippen molar-refractivity contribution in [2.75, 3.05) is 18.5 Å². The molecule has 2 amide bonds. The van der Waals surface area contributed by atoms with Gasteiger partial charge in [-0.05, 0) is 42.7 Å². The summed E-state index contributed by atoms with van der Waals surface area (Å²) >= 11 is 0. The van der Waals surface area contributed by atoms with Crippen LogP contribution < -0.4 is 10.1 Å². The topological polar surface area (TPSA) is 58.6 Å². The van der Waals surface area contributed by atoms with Gasteiger partial charge in [0.2, 0.25) is 5.91 Å². The number of rotatable bonds is 7. The Morgan fingerprint density at radius 3 is 2.81 bits per heavy atom. The summed E-state index contributed by atoms with van der Waals surface area (Å²) in [6.45, 7) is 3.98. The van der Waals surface area contributed by atoms with E-state index < -0.39 is 0 Å². The van der Waals surface area contributed by atoms with Crippen molar-refractivity contribution in [2.45, 2.75) is 32.7 Å². The summed E-state index contributed by atoms with van der Waals surface area (Å²) < 4.78 is 5.69. The van der Waals surface area contributed by atoms with Gasteiger partial charge in [-0.25, -0.2) is 0 Å². The van der Waals surface area contributed by atoms with E-state index in [-0.39, 0.29) is 11.8 Å². The lowest BCUT2D eigenvalue weighted by Crippen LogP contribution is -2.24. The maximum absolute atomic E-state index is 12.6. The molecule has 0 saturated carbocycles. The van der Waals surface area contributed by atoms with E-state index in [2.05, 4.69) is 5.32 Å². The number of benzene rings is 2. The summed E-state index contributed by atoms with van der Waals surface area (Å²) in [7, 11) is 0. The van der Waals surface area contributed by atoms with Crippen LogP contribution in [0.15, 0.2) is 48.5 Å². The van der Waals surface area contributed by atoms with Crippen LogP contribution in [-0.2, 0) is 11.3 Å². The molecule has 0 unspecified atom stereocenters. The highest BCUT2D eigenvalue weighted by Gasteiger charge is 2.20. The summed E-state index contributed by atoms with van der Waals surface area (Å²) in [4.78, 5) is 26.3. The van der Waals surface area contributed by atoms with Crippen LogP contribution in [0.1, 0.15) is 42.1 Å². The molecule has 0 bridgehead atoms. The molecule has 1 aliphatic heterocycles. The molecule has 1 N–H and O–H groups in total. The minimum absolute atomic E-state index is 0.182. The monoisotopic (exact) mass is 352 g/mol. The molecule has 136 valence electrons. The number of para-hydroxylation sites is 2. The molecule has 1 fully saturated rings. The number of nitrogens with zero attached hydrogens (tertiary/aromatic N) is 1. The lowest BCUT2D eigenvalue weighted by molar-refractivity contribution is -0.128. The normalized spacial score (nSPS) is 13.7. The maximum atomic E-state index is 12.6. The lowest BCUT2D eigenvalue weighted by Gasteiger charge is -2.16. The molecule has 5 heteroatoms. The van der Waals surface area contributed by atoms with E-state index in [0.29, 0.717) is 36.6 Å². The molecular weight excluding hydrogens is 328 g/mol. The van der Waals surface area contributed by atoms with E-state index in [1.54, 1.807) is 6.07 Å². The van der Waals surface area contributed by atoms with E-state index in [9.17, 15) is 9.59 Å². The molecule has 0 atom stereocenters. The number of ether oxygens (including phenoxy) is 1. The largest absolute Gasteiger partial charge is 0.491 e. The van der Waals surface area contributed by atoms with Crippen LogP contribution in [0.3, 0.4) is 0 Å². The Balaban J connectivity index is 1.70. The predicted octanol–water partition coefficient (Wildman–Crippen LogP) is 3.85. The highest BCUT2D eigenvalue weighted by molar-refractivity contribution is 6.05. The quantitative estimate of drug-likeness (QED) is 0.823. The van der Waals surface area contributed by atoms with Gasteiger partial charge in [0, 0.05) is 25.1 Å². The molecule has 0 aromatic heterocycles. The highest BCUT2D eigenvalue weighted by Crippen LogP contribution is 2.25. The van der Waals surface area contributed by atoms with Crippen molar-refractivity contribution < 1.29 is 14.3 Å². The molecule has 0 radical (unpaired) electrons. The molecule has 2 aromatic carbocycles. The third-order valence-electron chi connectivity index (χ3n) is 4.33. The second-order valence-corrected chi connectivity index (χ2v) is 6.42. The first-order valence-corrected chi connectivity index (χ1v) is 9.07. The van der Waals surface area contributed by atoms with Crippen molar-refractivity contribution in [1.29, 1.82) is 0 Å². The van der Waals surface area contributed by atoms with Gasteiger partial charge >= 0.3 is 0 Å². The number of carbonyl (C=O) groups excluding carboxylic acids is 2. The number of amides is 2. The van der Waals surface area contributed by atoms with Crippen molar-refractivity contribution in [3.05, 3.63) is 59.7 Å². The number of anilines is 1. The molecular formula is C21H24N2O3. The molecule has 0 spiro atoms. The highest BCUT2D eigenvalue weighted by atomic mass is 16.5. The zero-order chi connectivity index (χ0) is 18.4. The number of hydrogen-bond acceptors (Lipinski definition) is 3. The zero-order valence-electron chi connectivity index (χ0n) is 15.0. The Bertz CT molecular complexity index is 788. The van der Waals surface area contributed by atoms with E-state index in [0.717, 1.165) is 24.9 Å². The fraction of sp³-hybridized carbons (Fsp3) is 0.333. The van der Waals surface area contributed by atoms with Crippen LogP contribution in [0.2, 0.25) is 0 Å². The molecule has 1 saturated heterocycles. The second kappa shape index (κ2) is 8.52. The first kappa shape index (κ1) is 18.0. The first-order valence-electron chi connectivity index (χ1n) is 9.07. The standard InChI is InChI=1S/C21H24N2O3/c1-2-13-26-19-10-4-3-9-18(19)22-21(25)17-8-5-7-16(14-17)15-23-12-6-11-20(23)24/h3-5,7-10,14H,2,6,11-13,15H2,1H3,(H,22,25). The van der Waals surface area contributed by atoms with Crippen LogP contribution in [0.4, 0.5) is 5.69 Å². The summed E-state index contributed by atoms with van der Waals surface area (Å²) in [6, 6.07) is 14.8. The van der Waals surface area contributed by atoms with Crippen LogP contribution >= 0.6 is 0 Å². The van der Waals surface area contributed by atoms with Gasteiger partial charge in [-0.2, -0.15) is 0 Å². The Hall–Kier alpha value is -2.82. The average Bonchev–Trinajstić information content (AvgIpc) is 3.06. The molecule has 26 heavy (non-hydrogen) atoms. The van der Waals surface area contributed by atoms with E-state index in [1.165, 1.54) is 0 Å². The SMILES string of the molecule is CCCOc1ccccc1NC(=O)c1cccc(CN2CCCC2=O)c1. The number of likely N-dealkylation sites (tertiary alicyclic amines) is 1. The molecule has 0 aliphatic carbocycles. The molecule has 2 aromatic rings. The van der Waals surface area contributed by atoms with Gasteiger partial charge in [-0.1, -0.05) is 31.2 Å². The van der Waals surface area contributed by atoms with E-state index >= 15 is 0 Å². The van der Waals surface area contributed by atoms with Gasteiger partial charge in [0.15, 0.2) is 0 Å². The molecule has 5 nitrogen and oxygen atoms in total. The third-order valence-corrected chi connectivity index (χ3v) is 4.33. The van der Waals surface area contributed by atoms with Gasteiger partial charge in [0.1, 0.15) is 5.75 Å². The fourth-order valence-electron chi connectivity index (χ4n) is 3.00. The van der Waals surface area contributed by atoms with Crippen LogP contribution in [-0.4, -0.2) is 29.9 Å². The summed E-state index contributed by atoms with van der Waals surface area (Å²) in [5, 5.41) is 2.92. The summed E-state index contributed by atoms with van der Waals surface area (Å²) in [5.74, 6) is 0.663.